The number of benzene rings is 1. The van der Waals surface area contributed by atoms with Crippen molar-refractivity contribution >= 4 is 15.9 Å². The van der Waals surface area contributed by atoms with E-state index in [1.807, 2.05) is 12.1 Å². The molecule has 20 heavy (non-hydrogen) atoms. The van der Waals surface area contributed by atoms with E-state index >= 15 is 0 Å². The summed E-state index contributed by atoms with van der Waals surface area (Å²) in [5, 5.41) is 0. The van der Waals surface area contributed by atoms with Crippen molar-refractivity contribution in [1.82, 2.24) is 4.90 Å². The molecule has 1 aromatic rings. The van der Waals surface area contributed by atoms with E-state index in [9.17, 15) is 0 Å². The number of hydrogen-bond donors (Lipinski definition) is 1. The first kappa shape index (κ1) is 15.8. The van der Waals surface area contributed by atoms with Gasteiger partial charge in [-0.25, -0.2) is 0 Å². The topological polar surface area (TPSA) is 47.7 Å². The van der Waals surface area contributed by atoms with E-state index in [1.54, 1.807) is 14.2 Å². The van der Waals surface area contributed by atoms with Crippen molar-refractivity contribution in [3.05, 3.63) is 28.2 Å². The highest BCUT2D eigenvalue weighted by Gasteiger charge is 2.28. The molecule has 0 bridgehead atoms. The summed E-state index contributed by atoms with van der Waals surface area (Å²) in [5.74, 6) is 0.929. The highest BCUT2D eigenvalue weighted by molar-refractivity contribution is 9.10. The molecule has 2 unspecified atom stereocenters. The lowest BCUT2D eigenvalue weighted by atomic mass is 9.98. The Morgan fingerprint density at radius 2 is 2.20 bits per heavy atom. The minimum absolute atomic E-state index is 0.337. The summed E-state index contributed by atoms with van der Waals surface area (Å²) in [4.78, 5) is 2.43. The van der Waals surface area contributed by atoms with Gasteiger partial charge in [-0.1, -0.05) is 15.9 Å². The van der Waals surface area contributed by atoms with E-state index in [2.05, 4.69) is 26.9 Å². The second kappa shape index (κ2) is 7.41. The third-order valence-corrected chi connectivity index (χ3v) is 4.50. The number of nitrogens with two attached hydrogens (primary N) is 1. The molecule has 0 amide bonds. The van der Waals surface area contributed by atoms with E-state index in [4.69, 9.17) is 15.2 Å². The van der Waals surface area contributed by atoms with Crippen LogP contribution in [-0.4, -0.2) is 44.4 Å². The number of hydrogen-bond acceptors (Lipinski definition) is 4. The van der Waals surface area contributed by atoms with Crippen molar-refractivity contribution < 1.29 is 9.47 Å². The molecule has 1 saturated heterocycles. The van der Waals surface area contributed by atoms with E-state index in [0.717, 1.165) is 36.2 Å². The van der Waals surface area contributed by atoms with Gasteiger partial charge in [0.05, 0.1) is 13.2 Å². The number of halogens is 1. The molecule has 0 aliphatic carbocycles. The lowest BCUT2D eigenvalue weighted by Crippen LogP contribution is -2.48. The molecule has 2 N–H and O–H groups in total. The molecule has 1 fully saturated rings. The molecule has 2 atom stereocenters. The Bertz CT molecular complexity index is 442. The van der Waals surface area contributed by atoms with Crippen LogP contribution < -0.4 is 10.5 Å². The zero-order chi connectivity index (χ0) is 14.5. The number of rotatable bonds is 5. The van der Waals surface area contributed by atoms with Crippen molar-refractivity contribution in [2.24, 2.45) is 5.73 Å². The third-order valence-electron chi connectivity index (χ3n) is 4.01. The molecule has 1 aliphatic rings. The van der Waals surface area contributed by atoms with Gasteiger partial charge >= 0.3 is 0 Å². The fourth-order valence-corrected chi connectivity index (χ4v) is 3.23. The molecular formula is C15H23BrN2O2. The molecule has 1 aromatic carbocycles. The maximum absolute atomic E-state index is 5.93. The highest BCUT2D eigenvalue weighted by atomic mass is 79.9. The summed E-state index contributed by atoms with van der Waals surface area (Å²) in [6.07, 6.45) is 2.40. The van der Waals surface area contributed by atoms with E-state index in [1.165, 1.54) is 5.56 Å². The lowest BCUT2D eigenvalue weighted by Gasteiger charge is -2.38. The van der Waals surface area contributed by atoms with Gasteiger partial charge in [0.15, 0.2) is 0 Å². The zero-order valence-corrected chi connectivity index (χ0v) is 13.7. The molecule has 4 nitrogen and oxygen atoms in total. The molecular weight excluding hydrogens is 320 g/mol. The van der Waals surface area contributed by atoms with Gasteiger partial charge in [-0.05, 0) is 31.0 Å². The average molecular weight is 343 g/mol. The minimum Gasteiger partial charge on any atom is -0.496 e. The van der Waals surface area contributed by atoms with Gasteiger partial charge in [-0.15, -0.1) is 0 Å². The van der Waals surface area contributed by atoms with Gasteiger partial charge < -0.3 is 15.2 Å². The molecule has 0 saturated carbocycles. The van der Waals surface area contributed by atoms with Gasteiger partial charge in [0, 0.05) is 42.8 Å². The normalized spacial score (nSPS) is 23.8. The molecule has 5 heteroatoms. The first-order valence-corrected chi connectivity index (χ1v) is 7.76. The molecule has 1 aliphatic heterocycles. The summed E-state index contributed by atoms with van der Waals surface area (Å²) in [5.41, 5.74) is 7.12. The molecule has 0 aromatic heterocycles. The lowest BCUT2D eigenvalue weighted by molar-refractivity contribution is 0.00999. The summed E-state index contributed by atoms with van der Waals surface area (Å²) < 4.78 is 12.0. The molecule has 1 heterocycles. The molecule has 0 spiro atoms. The van der Waals surface area contributed by atoms with Crippen LogP contribution in [0.5, 0.6) is 5.75 Å². The number of nitrogens with zero attached hydrogens (tertiary/aromatic N) is 1. The predicted octanol–water partition coefficient (Wildman–Crippen LogP) is 2.40. The minimum atomic E-state index is 0.337. The second-order valence-electron chi connectivity index (χ2n) is 5.20. The summed E-state index contributed by atoms with van der Waals surface area (Å²) >= 11 is 3.52. The fourth-order valence-electron chi connectivity index (χ4n) is 2.82. The van der Waals surface area contributed by atoms with Crippen molar-refractivity contribution in [3.63, 3.8) is 0 Å². The molecule has 2 rings (SSSR count). The van der Waals surface area contributed by atoms with Crippen LogP contribution in [0.1, 0.15) is 18.4 Å². The van der Waals surface area contributed by atoms with Crippen molar-refractivity contribution in [2.45, 2.75) is 31.5 Å². The Labute approximate surface area is 129 Å². The third kappa shape index (κ3) is 3.73. The Morgan fingerprint density at radius 1 is 1.40 bits per heavy atom. The molecule has 0 radical (unpaired) electrons. The van der Waals surface area contributed by atoms with Gasteiger partial charge in [0.1, 0.15) is 5.75 Å². The van der Waals surface area contributed by atoms with E-state index < -0.39 is 0 Å². The smallest absolute Gasteiger partial charge is 0.123 e. The van der Waals surface area contributed by atoms with E-state index in [-0.39, 0.29) is 0 Å². The van der Waals surface area contributed by atoms with Gasteiger partial charge in [-0.3, -0.25) is 4.90 Å². The Kier molecular flexibility index (Phi) is 5.84. The van der Waals surface area contributed by atoms with Crippen molar-refractivity contribution in [2.75, 3.05) is 27.3 Å². The largest absolute Gasteiger partial charge is 0.496 e. The van der Waals surface area contributed by atoms with Crippen LogP contribution in [0.25, 0.3) is 0 Å². The second-order valence-corrected chi connectivity index (χ2v) is 6.11. The number of piperidine rings is 1. The first-order chi connectivity index (χ1) is 9.67. The van der Waals surface area contributed by atoms with Crippen LogP contribution >= 0.6 is 15.9 Å². The standard InChI is InChI=1S/C15H23BrN2O2/c1-19-14-5-6-18(13(8-14)9-17)10-11-7-12(16)3-4-15(11)20-2/h3-4,7,13-14H,5-6,8-10,17H2,1-2H3. The maximum Gasteiger partial charge on any atom is 0.123 e. The zero-order valence-electron chi connectivity index (χ0n) is 12.1. The predicted molar refractivity (Wildman–Crippen MR) is 84.0 cm³/mol. The van der Waals surface area contributed by atoms with Crippen LogP contribution in [0.4, 0.5) is 0 Å². The first-order valence-electron chi connectivity index (χ1n) is 6.97. The van der Waals surface area contributed by atoms with Crippen LogP contribution in [0, 0.1) is 0 Å². The average Bonchev–Trinajstić information content (AvgIpc) is 2.48. The van der Waals surface area contributed by atoms with Crippen molar-refractivity contribution in [3.8, 4) is 5.75 Å². The Balaban J connectivity index is 2.10. The SMILES string of the molecule is COc1ccc(Br)cc1CN1CCC(OC)CC1CN. The number of methoxy groups -OCH3 is 2. The van der Waals surface area contributed by atoms with Crippen LogP contribution in [0.3, 0.4) is 0 Å². The fraction of sp³-hybridized carbons (Fsp3) is 0.600. The Hall–Kier alpha value is -0.620. The van der Waals surface area contributed by atoms with Gasteiger partial charge in [0.25, 0.3) is 0 Å². The maximum atomic E-state index is 5.93. The number of ether oxygens (including phenoxy) is 2. The van der Waals surface area contributed by atoms with E-state index in [0.29, 0.717) is 18.7 Å². The Morgan fingerprint density at radius 3 is 2.85 bits per heavy atom. The summed E-state index contributed by atoms with van der Waals surface area (Å²) in [6.45, 7) is 2.53. The highest BCUT2D eigenvalue weighted by Crippen LogP contribution is 2.27. The van der Waals surface area contributed by atoms with Crippen LogP contribution in [0.2, 0.25) is 0 Å². The van der Waals surface area contributed by atoms with Gasteiger partial charge in [-0.2, -0.15) is 0 Å². The number of likely N-dealkylation sites (tertiary alicyclic amines) is 1. The monoisotopic (exact) mass is 342 g/mol. The van der Waals surface area contributed by atoms with Crippen molar-refractivity contribution in [1.29, 1.82) is 0 Å². The van der Waals surface area contributed by atoms with Crippen LogP contribution in [-0.2, 0) is 11.3 Å². The molecule has 112 valence electrons. The quantitative estimate of drug-likeness (QED) is 0.892. The summed E-state index contributed by atoms with van der Waals surface area (Å²) in [6, 6.07) is 6.49. The van der Waals surface area contributed by atoms with Crippen LogP contribution in [0.15, 0.2) is 22.7 Å². The summed E-state index contributed by atoms with van der Waals surface area (Å²) in [7, 11) is 3.50. The van der Waals surface area contributed by atoms with Gasteiger partial charge in [0.2, 0.25) is 0 Å².